The minimum Gasteiger partial charge on any atom is -0.361 e. The highest BCUT2D eigenvalue weighted by molar-refractivity contribution is 5.82. The second-order valence-electron chi connectivity index (χ2n) is 7.52. The van der Waals surface area contributed by atoms with E-state index >= 15 is 0 Å². The van der Waals surface area contributed by atoms with Gasteiger partial charge in [-0.15, -0.1) is 0 Å². The molecule has 0 bridgehead atoms. The third-order valence-corrected chi connectivity index (χ3v) is 5.56. The normalized spacial score (nSPS) is 14.3. The summed E-state index contributed by atoms with van der Waals surface area (Å²) in [6.07, 6.45) is 2.71. The van der Waals surface area contributed by atoms with Gasteiger partial charge in [0.1, 0.15) is 5.82 Å². The first-order chi connectivity index (χ1) is 13.7. The van der Waals surface area contributed by atoms with Gasteiger partial charge in [0, 0.05) is 47.9 Å². The Morgan fingerprint density at radius 2 is 1.96 bits per heavy atom. The molecule has 5 heteroatoms. The van der Waals surface area contributed by atoms with Crippen LogP contribution in [0.3, 0.4) is 0 Å². The fourth-order valence-electron chi connectivity index (χ4n) is 4.01. The van der Waals surface area contributed by atoms with Crippen LogP contribution in [-0.4, -0.2) is 26.4 Å². The SMILES string of the molecule is Cc1ccc(-c2nc3c(c(=O)[nH]2)CCN(Cc2cccc4[nH]ccc24)C3)cc1. The second kappa shape index (κ2) is 6.77. The lowest BCUT2D eigenvalue weighted by atomic mass is 10.0. The van der Waals surface area contributed by atoms with E-state index in [1.165, 1.54) is 16.5 Å². The summed E-state index contributed by atoms with van der Waals surface area (Å²) in [5.41, 5.74) is 6.30. The summed E-state index contributed by atoms with van der Waals surface area (Å²) < 4.78 is 0. The number of nitrogens with zero attached hydrogens (tertiary/aromatic N) is 2. The molecular formula is C23H22N4O. The molecule has 4 aromatic rings. The number of hydrogen-bond donors (Lipinski definition) is 2. The molecular weight excluding hydrogens is 348 g/mol. The van der Waals surface area contributed by atoms with Crippen molar-refractivity contribution >= 4 is 10.9 Å². The molecule has 3 heterocycles. The summed E-state index contributed by atoms with van der Waals surface area (Å²) in [4.78, 5) is 26.0. The van der Waals surface area contributed by atoms with E-state index in [1.54, 1.807) is 0 Å². The van der Waals surface area contributed by atoms with Crippen molar-refractivity contribution in [3.8, 4) is 11.4 Å². The van der Waals surface area contributed by atoms with E-state index in [-0.39, 0.29) is 5.56 Å². The molecule has 0 saturated carbocycles. The molecule has 0 saturated heterocycles. The number of benzene rings is 2. The highest BCUT2D eigenvalue weighted by Crippen LogP contribution is 2.23. The van der Waals surface area contributed by atoms with Crippen LogP contribution in [0.15, 0.2) is 59.5 Å². The molecule has 0 atom stereocenters. The number of aromatic nitrogens is 3. The maximum absolute atomic E-state index is 12.6. The fourth-order valence-corrected chi connectivity index (χ4v) is 4.01. The van der Waals surface area contributed by atoms with Crippen molar-refractivity contribution in [1.82, 2.24) is 19.9 Å². The minimum atomic E-state index is -0.00652. The van der Waals surface area contributed by atoms with E-state index in [1.807, 2.05) is 30.5 Å². The molecule has 0 aliphatic carbocycles. The first kappa shape index (κ1) is 17.0. The van der Waals surface area contributed by atoms with Crippen molar-refractivity contribution in [3.63, 3.8) is 0 Å². The van der Waals surface area contributed by atoms with Gasteiger partial charge in [0.25, 0.3) is 5.56 Å². The minimum absolute atomic E-state index is 0.00652. The lowest BCUT2D eigenvalue weighted by Crippen LogP contribution is -2.35. The molecule has 5 rings (SSSR count). The number of H-pyrrole nitrogens is 2. The van der Waals surface area contributed by atoms with E-state index in [9.17, 15) is 4.79 Å². The number of aromatic amines is 2. The van der Waals surface area contributed by atoms with Gasteiger partial charge < -0.3 is 9.97 Å². The quantitative estimate of drug-likeness (QED) is 0.577. The van der Waals surface area contributed by atoms with Gasteiger partial charge in [0.2, 0.25) is 0 Å². The van der Waals surface area contributed by atoms with Crippen LogP contribution < -0.4 is 5.56 Å². The molecule has 0 spiro atoms. The maximum atomic E-state index is 12.6. The smallest absolute Gasteiger partial charge is 0.254 e. The second-order valence-corrected chi connectivity index (χ2v) is 7.52. The van der Waals surface area contributed by atoms with Gasteiger partial charge in [-0.25, -0.2) is 4.98 Å². The molecule has 5 nitrogen and oxygen atoms in total. The van der Waals surface area contributed by atoms with Crippen LogP contribution in [0.25, 0.3) is 22.3 Å². The van der Waals surface area contributed by atoms with Crippen molar-refractivity contribution in [2.24, 2.45) is 0 Å². The summed E-state index contributed by atoms with van der Waals surface area (Å²) in [6.45, 7) is 4.46. The molecule has 1 aliphatic rings. The van der Waals surface area contributed by atoms with Gasteiger partial charge in [0.15, 0.2) is 0 Å². The van der Waals surface area contributed by atoms with Crippen LogP contribution in [0.2, 0.25) is 0 Å². The lowest BCUT2D eigenvalue weighted by molar-refractivity contribution is 0.241. The number of aryl methyl sites for hydroxylation is 1. The topological polar surface area (TPSA) is 64.8 Å². The Balaban J connectivity index is 1.45. The largest absolute Gasteiger partial charge is 0.361 e. The number of hydrogen-bond acceptors (Lipinski definition) is 3. The predicted octanol–water partition coefficient (Wildman–Crippen LogP) is 3.78. The summed E-state index contributed by atoms with van der Waals surface area (Å²) in [5.74, 6) is 0.651. The van der Waals surface area contributed by atoms with E-state index in [2.05, 4.69) is 46.1 Å². The van der Waals surface area contributed by atoms with Crippen molar-refractivity contribution < 1.29 is 0 Å². The van der Waals surface area contributed by atoms with Crippen LogP contribution in [0, 0.1) is 6.92 Å². The molecule has 0 radical (unpaired) electrons. The lowest BCUT2D eigenvalue weighted by Gasteiger charge is -2.28. The highest BCUT2D eigenvalue weighted by atomic mass is 16.1. The maximum Gasteiger partial charge on any atom is 0.254 e. The van der Waals surface area contributed by atoms with Crippen molar-refractivity contribution in [2.75, 3.05) is 6.54 Å². The Hall–Kier alpha value is -3.18. The number of rotatable bonds is 3. The van der Waals surface area contributed by atoms with E-state index < -0.39 is 0 Å². The average Bonchev–Trinajstić information content (AvgIpc) is 3.18. The fraction of sp³-hybridized carbons (Fsp3) is 0.217. The summed E-state index contributed by atoms with van der Waals surface area (Å²) >= 11 is 0. The zero-order chi connectivity index (χ0) is 19.1. The van der Waals surface area contributed by atoms with Gasteiger partial charge >= 0.3 is 0 Å². The molecule has 2 aromatic carbocycles. The molecule has 1 aliphatic heterocycles. The van der Waals surface area contributed by atoms with E-state index in [4.69, 9.17) is 4.98 Å². The van der Waals surface area contributed by atoms with Gasteiger partial charge in [-0.1, -0.05) is 42.0 Å². The van der Waals surface area contributed by atoms with E-state index in [0.29, 0.717) is 12.4 Å². The Kier molecular flexibility index (Phi) is 4.10. The number of fused-ring (bicyclic) bond motifs is 2. The Morgan fingerprint density at radius 3 is 2.82 bits per heavy atom. The van der Waals surface area contributed by atoms with Crippen LogP contribution in [0.4, 0.5) is 0 Å². The van der Waals surface area contributed by atoms with Crippen molar-refractivity contribution in [3.05, 3.63) is 87.5 Å². The van der Waals surface area contributed by atoms with Gasteiger partial charge in [-0.05, 0) is 31.0 Å². The summed E-state index contributed by atoms with van der Waals surface area (Å²) in [5, 5.41) is 1.26. The first-order valence-corrected chi connectivity index (χ1v) is 9.64. The molecule has 2 N–H and O–H groups in total. The van der Waals surface area contributed by atoms with Gasteiger partial charge in [0.05, 0.1) is 5.69 Å². The first-order valence-electron chi connectivity index (χ1n) is 9.64. The van der Waals surface area contributed by atoms with Gasteiger partial charge in [-0.2, -0.15) is 0 Å². The molecule has 140 valence electrons. The van der Waals surface area contributed by atoms with Gasteiger partial charge in [-0.3, -0.25) is 9.69 Å². The van der Waals surface area contributed by atoms with Crippen molar-refractivity contribution in [2.45, 2.75) is 26.4 Å². The standard InChI is InChI=1S/C23H22N4O/c1-15-5-7-16(8-6-15)22-25-21-14-27(12-10-19(21)23(28)26-22)13-17-3-2-4-20-18(17)9-11-24-20/h2-9,11,24H,10,12-14H2,1H3,(H,25,26,28). The van der Waals surface area contributed by atoms with Crippen LogP contribution in [-0.2, 0) is 19.5 Å². The zero-order valence-electron chi connectivity index (χ0n) is 15.8. The average molecular weight is 370 g/mol. The third-order valence-electron chi connectivity index (χ3n) is 5.56. The molecule has 28 heavy (non-hydrogen) atoms. The third kappa shape index (κ3) is 3.04. The highest BCUT2D eigenvalue weighted by Gasteiger charge is 2.22. The Labute approximate surface area is 163 Å². The predicted molar refractivity (Wildman–Crippen MR) is 111 cm³/mol. The summed E-state index contributed by atoms with van der Waals surface area (Å²) in [6, 6.07) is 16.6. The molecule has 0 unspecified atom stereocenters. The zero-order valence-corrected chi connectivity index (χ0v) is 15.8. The van der Waals surface area contributed by atoms with Crippen LogP contribution in [0.1, 0.15) is 22.4 Å². The van der Waals surface area contributed by atoms with E-state index in [0.717, 1.165) is 41.8 Å². The van der Waals surface area contributed by atoms with Crippen molar-refractivity contribution in [1.29, 1.82) is 0 Å². The summed E-state index contributed by atoms with van der Waals surface area (Å²) in [7, 11) is 0. The molecule has 0 amide bonds. The van der Waals surface area contributed by atoms with Crippen LogP contribution in [0.5, 0.6) is 0 Å². The molecule has 2 aromatic heterocycles. The Morgan fingerprint density at radius 1 is 1.11 bits per heavy atom. The van der Waals surface area contributed by atoms with Crippen LogP contribution >= 0.6 is 0 Å². The number of nitrogens with one attached hydrogen (secondary N) is 2. The Bertz CT molecular complexity index is 1200. The molecule has 0 fully saturated rings. The monoisotopic (exact) mass is 370 g/mol.